The van der Waals surface area contributed by atoms with Gasteiger partial charge in [0.25, 0.3) is 0 Å². The van der Waals surface area contributed by atoms with E-state index in [9.17, 15) is 9.59 Å². The van der Waals surface area contributed by atoms with Crippen LogP contribution in [0.5, 0.6) is 0 Å². The van der Waals surface area contributed by atoms with Crippen LogP contribution in [0.25, 0.3) is 0 Å². The highest BCUT2D eigenvalue weighted by molar-refractivity contribution is 5.74. The van der Waals surface area contributed by atoms with Gasteiger partial charge in [0.2, 0.25) is 0 Å². The summed E-state index contributed by atoms with van der Waals surface area (Å²) in [5.41, 5.74) is 0. The van der Waals surface area contributed by atoms with E-state index in [0.717, 1.165) is 31.6 Å². The van der Waals surface area contributed by atoms with Crippen molar-refractivity contribution in [3.63, 3.8) is 0 Å². The second kappa shape index (κ2) is 7.66. The number of carboxylic acid groups (broad SMARTS) is 1. The molecule has 2 aliphatic rings. The van der Waals surface area contributed by atoms with Gasteiger partial charge in [0.15, 0.2) is 0 Å². The van der Waals surface area contributed by atoms with Gasteiger partial charge in [-0.15, -0.1) is 0 Å². The standard InChI is InChI=1S/C16H28N2O3/c1-2-11-3-7-13(8-4-11)17-16(21)18-14-9-5-12(6-10-14)15(19)20/h11-14H,2-10H2,1H3,(H,19,20)(H2,17,18,21). The summed E-state index contributed by atoms with van der Waals surface area (Å²) in [5.74, 6) is -0.0987. The van der Waals surface area contributed by atoms with E-state index >= 15 is 0 Å². The number of nitrogens with one attached hydrogen (secondary N) is 2. The molecule has 0 saturated heterocycles. The molecule has 0 aliphatic heterocycles. The Hall–Kier alpha value is -1.26. The highest BCUT2D eigenvalue weighted by Crippen LogP contribution is 2.27. The monoisotopic (exact) mass is 296 g/mol. The first-order chi connectivity index (χ1) is 10.1. The lowest BCUT2D eigenvalue weighted by Crippen LogP contribution is -2.48. The van der Waals surface area contributed by atoms with Gasteiger partial charge in [-0.2, -0.15) is 0 Å². The van der Waals surface area contributed by atoms with Crippen LogP contribution in [0.3, 0.4) is 0 Å². The van der Waals surface area contributed by atoms with E-state index in [0.29, 0.717) is 18.9 Å². The lowest BCUT2D eigenvalue weighted by Gasteiger charge is -2.30. The SMILES string of the molecule is CCC1CCC(NC(=O)NC2CCC(C(=O)O)CC2)CC1. The second-order valence-corrected chi connectivity index (χ2v) is 6.63. The lowest BCUT2D eigenvalue weighted by molar-refractivity contribution is -0.142. The van der Waals surface area contributed by atoms with Gasteiger partial charge in [-0.1, -0.05) is 13.3 Å². The van der Waals surface area contributed by atoms with E-state index in [-0.39, 0.29) is 18.0 Å². The smallest absolute Gasteiger partial charge is 0.315 e. The summed E-state index contributed by atoms with van der Waals surface area (Å²) in [4.78, 5) is 22.9. The molecule has 2 aliphatic carbocycles. The zero-order valence-corrected chi connectivity index (χ0v) is 12.9. The number of carbonyl (C=O) groups excluding carboxylic acids is 1. The normalized spacial score (nSPS) is 33.2. The first kappa shape index (κ1) is 16.1. The molecule has 21 heavy (non-hydrogen) atoms. The molecule has 0 heterocycles. The predicted molar refractivity (Wildman–Crippen MR) is 81.1 cm³/mol. The van der Waals surface area contributed by atoms with Crippen LogP contribution in [-0.2, 0) is 4.79 Å². The van der Waals surface area contributed by atoms with Crippen molar-refractivity contribution in [3.8, 4) is 0 Å². The second-order valence-electron chi connectivity index (χ2n) is 6.63. The van der Waals surface area contributed by atoms with E-state index < -0.39 is 5.97 Å². The summed E-state index contributed by atoms with van der Waals surface area (Å²) in [7, 11) is 0. The molecule has 2 saturated carbocycles. The zero-order valence-electron chi connectivity index (χ0n) is 12.9. The van der Waals surface area contributed by atoms with Crippen molar-refractivity contribution in [2.45, 2.75) is 76.8 Å². The summed E-state index contributed by atoms with van der Waals surface area (Å²) >= 11 is 0. The Bertz CT molecular complexity index is 357. The van der Waals surface area contributed by atoms with E-state index in [2.05, 4.69) is 17.6 Å². The maximum atomic E-state index is 12.0. The van der Waals surface area contributed by atoms with Crippen molar-refractivity contribution in [1.82, 2.24) is 10.6 Å². The quantitative estimate of drug-likeness (QED) is 0.746. The van der Waals surface area contributed by atoms with Gasteiger partial charge in [0, 0.05) is 12.1 Å². The molecule has 0 unspecified atom stereocenters. The Labute approximate surface area is 126 Å². The van der Waals surface area contributed by atoms with Crippen LogP contribution < -0.4 is 10.6 Å². The van der Waals surface area contributed by atoms with Crippen LogP contribution in [-0.4, -0.2) is 29.2 Å². The summed E-state index contributed by atoms with van der Waals surface area (Å²) in [6, 6.07) is 0.365. The molecule has 0 bridgehead atoms. The van der Waals surface area contributed by atoms with Crippen molar-refractivity contribution in [1.29, 1.82) is 0 Å². The van der Waals surface area contributed by atoms with Gasteiger partial charge in [-0.25, -0.2) is 4.79 Å². The molecule has 120 valence electrons. The number of carbonyl (C=O) groups is 2. The topological polar surface area (TPSA) is 78.4 Å². The summed E-state index contributed by atoms with van der Waals surface area (Å²) in [5, 5.41) is 15.1. The zero-order chi connectivity index (χ0) is 15.2. The van der Waals surface area contributed by atoms with Gasteiger partial charge in [0.05, 0.1) is 5.92 Å². The number of hydrogen-bond donors (Lipinski definition) is 3. The van der Waals surface area contributed by atoms with Crippen molar-refractivity contribution >= 4 is 12.0 Å². The van der Waals surface area contributed by atoms with Crippen molar-refractivity contribution in [2.75, 3.05) is 0 Å². The van der Waals surface area contributed by atoms with Crippen LogP contribution in [0.2, 0.25) is 0 Å². The number of aliphatic carboxylic acids is 1. The molecule has 5 nitrogen and oxygen atoms in total. The minimum Gasteiger partial charge on any atom is -0.481 e. The summed E-state index contributed by atoms with van der Waals surface area (Å²) < 4.78 is 0. The molecule has 2 amide bonds. The van der Waals surface area contributed by atoms with Crippen LogP contribution in [0.4, 0.5) is 4.79 Å². The van der Waals surface area contributed by atoms with Crippen LogP contribution >= 0.6 is 0 Å². The molecule has 5 heteroatoms. The predicted octanol–water partition coefficient (Wildman–Crippen LogP) is 2.90. The van der Waals surface area contributed by atoms with E-state index in [1.807, 2.05) is 0 Å². The van der Waals surface area contributed by atoms with Crippen LogP contribution in [0.15, 0.2) is 0 Å². The third-order valence-electron chi connectivity index (χ3n) is 5.17. The first-order valence-corrected chi connectivity index (χ1v) is 8.38. The Morgan fingerprint density at radius 1 is 0.905 bits per heavy atom. The van der Waals surface area contributed by atoms with E-state index in [1.165, 1.54) is 19.3 Å². The van der Waals surface area contributed by atoms with Gasteiger partial charge < -0.3 is 15.7 Å². The molecule has 2 rings (SSSR count). The third kappa shape index (κ3) is 4.90. The average molecular weight is 296 g/mol. The minimum atomic E-state index is -0.703. The average Bonchev–Trinajstić information content (AvgIpc) is 2.48. The summed E-state index contributed by atoms with van der Waals surface area (Å²) in [6.07, 6.45) is 8.71. The fraction of sp³-hybridized carbons (Fsp3) is 0.875. The van der Waals surface area contributed by atoms with Crippen LogP contribution in [0, 0.1) is 11.8 Å². The minimum absolute atomic E-state index is 0.0753. The molecule has 0 spiro atoms. The van der Waals surface area contributed by atoms with Crippen molar-refractivity contribution < 1.29 is 14.7 Å². The molecule has 0 aromatic carbocycles. The van der Waals surface area contributed by atoms with Gasteiger partial charge in [0.1, 0.15) is 0 Å². The fourth-order valence-electron chi connectivity index (χ4n) is 3.61. The molecule has 2 fully saturated rings. The Morgan fingerprint density at radius 2 is 1.38 bits per heavy atom. The molecular formula is C16H28N2O3. The molecular weight excluding hydrogens is 268 g/mol. The molecule has 3 N–H and O–H groups in total. The maximum absolute atomic E-state index is 12.0. The lowest BCUT2D eigenvalue weighted by atomic mass is 9.84. The molecule has 0 radical (unpaired) electrons. The largest absolute Gasteiger partial charge is 0.481 e. The number of urea groups is 1. The van der Waals surface area contributed by atoms with Crippen LogP contribution in [0.1, 0.15) is 64.7 Å². The number of hydrogen-bond acceptors (Lipinski definition) is 2. The molecule has 0 aromatic heterocycles. The Balaban J connectivity index is 1.65. The molecule has 0 atom stereocenters. The van der Waals surface area contributed by atoms with Crippen molar-refractivity contribution in [3.05, 3.63) is 0 Å². The third-order valence-corrected chi connectivity index (χ3v) is 5.17. The van der Waals surface area contributed by atoms with Gasteiger partial charge in [-0.05, 0) is 57.3 Å². The maximum Gasteiger partial charge on any atom is 0.315 e. The Morgan fingerprint density at radius 3 is 1.81 bits per heavy atom. The van der Waals surface area contributed by atoms with Gasteiger partial charge in [-0.3, -0.25) is 4.79 Å². The van der Waals surface area contributed by atoms with E-state index in [1.54, 1.807) is 0 Å². The highest BCUT2D eigenvalue weighted by atomic mass is 16.4. The summed E-state index contributed by atoms with van der Waals surface area (Å²) in [6.45, 7) is 2.23. The van der Waals surface area contributed by atoms with E-state index in [4.69, 9.17) is 5.11 Å². The fourth-order valence-corrected chi connectivity index (χ4v) is 3.61. The van der Waals surface area contributed by atoms with Crippen molar-refractivity contribution in [2.24, 2.45) is 11.8 Å². The number of carboxylic acids is 1. The molecule has 0 aromatic rings. The highest BCUT2D eigenvalue weighted by Gasteiger charge is 2.27. The Kier molecular flexibility index (Phi) is 5.88. The number of rotatable bonds is 4. The van der Waals surface area contributed by atoms with Gasteiger partial charge >= 0.3 is 12.0 Å². The number of amides is 2. The first-order valence-electron chi connectivity index (χ1n) is 8.38.